The number of piperazine rings is 1. The second-order valence-corrected chi connectivity index (χ2v) is 6.39. The van der Waals surface area contributed by atoms with Crippen LogP contribution in [0.4, 0.5) is 5.69 Å². The fourth-order valence-corrected chi connectivity index (χ4v) is 3.41. The summed E-state index contributed by atoms with van der Waals surface area (Å²) in [6.45, 7) is 11.3. The molecule has 0 spiro atoms. The van der Waals surface area contributed by atoms with Crippen molar-refractivity contribution >= 4 is 11.6 Å². The van der Waals surface area contributed by atoms with Crippen molar-refractivity contribution in [1.29, 1.82) is 0 Å². The fraction of sp³-hybridized carbons (Fsp3) is 0.450. The first kappa shape index (κ1) is 17.4. The van der Waals surface area contributed by atoms with E-state index in [1.54, 1.807) is 0 Å². The molecule has 0 bridgehead atoms. The van der Waals surface area contributed by atoms with Crippen molar-refractivity contribution in [3.05, 3.63) is 46.9 Å². The Morgan fingerprint density at radius 3 is 2.36 bits per heavy atom. The molecule has 5 nitrogen and oxygen atoms in total. The Bertz CT molecular complexity index is 758. The SMILES string of the molecule is CCOc1ccccc1N1CCN(C(=O)c2c(C)oc(C)c2C)CC1. The van der Waals surface area contributed by atoms with E-state index in [4.69, 9.17) is 9.15 Å². The van der Waals surface area contributed by atoms with Crippen LogP contribution in [0.2, 0.25) is 0 Å². The third-order valence-electron chi connectivity index (χ3n) is 4.85. The van der Waals surface area contributed by atoms with Crippen LogP contribution in [0.15, 0.2) is 28.7 Å². The van der Waals surface area contributed by atoms with Crippen molar-refractivity contribution in [2.75, 3.05) is 37.7 Å². The van der Waals surface area contributed by atoms with Crippen LogP contribution in [0.1, 0.15) is 34.4 Å². The number of para-hydroxylation sites is 2. The Kier molecular flexibility index (Phi) is 5.02. The molecule has 1 aliphatic rings. The summed E-state index contributed by atoms with van der Waals surface area (Å²) in [6.07, 6.45) is 0. The van der Waals surface area contributed by atoms with Gasteiger partial charge >= 0.3 is 0 Å². The minimum Gasteiger partial charge on any atom is -0.492 e. The predicted molar refractivity (Wildman–Crippen MR) is 98.6 cm³/mol. The van der Waals surface area contributed by atoms with Crippen molar-refractivity contribution in [3.63, 3.8) is 0 Å². The van der Waals surface area contributed by atoms with Gasteiger partial charge in [-0.25, -0.2) is 0 Å². The first-order valence-electron chi connectivity index (χ1n) is 8.85. The second kappa shape index (κ2) is 7.21. The molecule has 1 aliphatic heterocycles. The molecular formula is C20H26N2O3. The Labute approximate surface area is 149 Å². The quantitative estimate of drug-likeness (QED) is 0.852. The monoisotopic (exact) mass is 342 g/mol. The lowest BCUT2D eigenvalue weighted by Gasteiger charge is -2.36. The third kappa shape index (κ3) is 3.36. The van der Waals surface area contributed by atoms with E-state index in [9.17, 15) is 4.79 Å². The summed E-state index contributed by atoms with van der Waals surface area (Å²) in [5.41, 5.74) is 2.77. The van der Waals surface area contributed by atoms with Gasteiger partial charge in [-0.2, -0.15) is 0 Å². The van der Waals surface area contributed by atoms with Crippen LogP contribution < -0.4 is 9.64 Å². The van der Waals surface area contributed by atoms with Gasteiger partial charge in [0.2, 0.25) is 0 Å². The first-order chi connectivity index (χ1) is 12.0. The van der Waals surface area contributed by atoms with Gasteiger partial charge in [0, 0.05) is 31.7 Å². The topological polar surface area (TPSA) is 45.9 Å². The Hall–Kier alpha value is -2.43. The third-order valence-corrected chi connectivity index (χ3v) is 4.85. The van der Waals surface area contributed by atoms with Gasteiger partial charge in [0.05, 0.1) is 17.9 Å². The number of hydrogen-bond donors (Lipinski definition) is 0. The molecule has 1 aromatic carbocycles. The number of nitrogens with zero attached hydrogens (tertiary/aromatic N) is 2. The number of amides is 1. The molecule has 0 atom stereocenters. The Morgan fingerprint density at radius 2 is 1.76 bits per heavy atom. The van der Waals surface area contributed by atoms with Crippen LogP contribution in [0.3, 0.4) is 0 Å². The average Bonchev–Trinajstić information content (AvgIpc) is 2.87. The highest BCUT2D eigenvalue weighted by Crippen LogP contribution is 2.29. The van der Waals surface area contributed by atoms with Crippen LogP contribution in [0.25, 0.3) is 0 Å². The molecule has 25 heavy (non-hydrogen) atoms. The number of aryl methyl sites for hydroxylation is 2. The van der Waals surface area contributed by atoms with Crippen molar-refractivity contribution < 1.29 is 13.9 Å². The molecule has 0 N–H and O–H groups in total. The molecule has 1 fully saturated rings. The summed E-state index contributed by atoms with van der Waals surface area (Å²) < 4.78 is 11.3. The molecule has 0 saturated carbocycles. The second-order valence-electron chi connectivity index (χ2n) is 6.39. The van der Waals surface area contributed by atoms with Gasteiger partial charge in [0.1, 0.15) is 17.3 Å². The van der Waals surface area contributed by atoms with E-state index >= 15 is 0 Å². The molecule has 5 heteroatoms. The van der Waals surface area contributed by atoms with Crippen molar-refractivity contribution in [1.82, 2.24) is 4.90 Å². The normalized spacial score (nSPS) is 14.7. The zero-order valence-electron chi connectivity index (χ0n) is 15.5. The highest BCUT2D eigenvalue weighted by atomic mass is 16.5. The molecule has 0 aliphatic carbocycles. The van der Waals surface area contributed by atoms with E-state index in [-0.39, 0.29) is 5.91 Å². The highest BCUT2D eigenvalue weighted by Gasteiger charge is 2.27. The lowest BCUT2D eigenvalue weighted by molar-refractivity contribution is 0.0744. The minimum absolute atomic E-state index is 0.0737. The number of hydrogen-bond acceptors (Lipinski definition) is 4. The number of rotatable bonds is 4. The van der Waals surface area contributed by atoms with Gasteiger partial charge in [0.15, 0.2) is 0 Å². The fourth-order valence-electron chi connectivity index (χ4n) is 3.41. The Morgan fingerprint density at radius 1 is 1.08 bits per heavy atom. The summed E-state index contributed by atoms with van der Waals surface area (Å²) in [5, 5.41) is 0. The average molecular weight is 342 g/mol. The van der Waals surface area contributed by atoms with E-state index in [2.05, 4.69) is 11.0 Å². The number of ether oxygens (including phenoxy) is 1. The number of carbonyl (C=O) groups excluding carboxylic acids is 1. The molecule has 1 saturated heterocycles. The molecule has 134 valence electrons. The minimum atomic E-state index is 0.0737. The van der Waals surface area contributed by atoms with Gasteiger partial charge in [-0.3, -0.25) is 4.79 Å². The zero-order chi connectivity index (χ0) is 18.0. The smallest absolute Gasteiger partial charge is 0.257 e. The van der Waals surface area contributed by atoms with E-state index in [1.807, 2.05) is 50.8 Å². The number of anilines is 1. The van der Waals surface area contributed by atoms with E-state index < -0.39 is 0 Å². The highest BCUT2D eigenvalue weighted by molar-refractivity contribution is 5.97. The molecule has 3 rings (SSSR count). The van der Waals surface area contributed by atoms with Gasteiger partial charge in [-0.1, -0.05) is 12.1 Å². The molecule has 0 unspecified atom stereocenters. The van der Waals surface area contributed by atoms with Gasteiger partial charge in [-0.15, -0.1) is 0 Å². The van der Waals surface area contributed by atoms with Crippen LogP contribution in [-0.4, -0.2) is 43.6 Å². The van der Waals surface area contributed by atoms with Gasteiger partial charge < -0.3 is 19.0 Å². The number of furan rings is 1. The summed E-state index contributed by atoms with van der Waals surface area (Å²) >= 11 is 0. The van der Waals surface area contributed by atoms with E-state index in [0.717, 1.165) is 41.4 Å². The van der Waals surface area contributed by atoms with Gasteiger partial charge in [-0.05, 0) is 39.8 Å². The van der Waals surface area contributed by atoms with Crippen LogP contribution in [0, 0.1) is 20.8 Å². The lowest BCUT2D eigenvalue weighted by Crippen LogP contribution is -2.49. The van der Waals surface area contributed by atoms with Crippen LogP contribution >= 0.6 is 0 Å². The van der Waals surface area contributed by atoms with Crippen molar-refractivity contribution in [3.8, 4) is 5.75 Å². The Balaban J connectivity index is 1.71. The lowest BCUT2D eigenvalue weighted by atomic mass is 10.1. The maximum Gasteiger partial charge on any atom is 0.257 e. The summed E-state index contributed by atoms with van der Waals surface area (Å²) in [4.78, 5) is 17.1. The van der Waals surface area contributed by atoms with Crippen molar-refractivity contribution in [2.45, 2.75) is 27.7 Å². The molecule has 2 heterocycles. The zero-order valence-corrected chi connectivity index (χ0v) is 15.5. The number of carbonyl (C=O) groups is 1. The predicted octanol–water partition coefficient (Wildman–Crippen LogP) is 3.57. The molecular weight excluding hydrogens is 316 g/mol. The number of benzene rings is 1. The summed E-state index contributed by atoms with van der Waals surface area (Å²) in [6, 6.07) is 8.09. The standard InChI is InChI=1S/C20H26N2O3/c1-5-24-18-9-7-6-8-17(18)21-10-12-22(13-11-21)20(23)19-14(2)15(3)25-16(19)4/h6-9H,5,10-13H2,1-4H3. The maximum atomic E-state index is 12.9. The molecule has 2 aromatic rings. The van der Waals surface area contributed by atoms with E-state index in [0.29, 0.717) is 25.5 Å². The summed E-state index contributed by atoms with van der Waals surface area (Å²) in [5.74, 6) is 2.51. The van der Waals surface area contributed by atoms with E-state index in [1.165, 1.54) is 0 Å². The van der Waals surface area contributed by atoms with Crippen LogP contribution in [-0.2, 0) is 0 Å². The first-order valence-corrected chi connectivity index (χ1v) is 8.85. The van der Waals surface area contributed by atoms with Crippen molar-refractivity contribution in [2.24, 2.45) is 0 Å². The van der Waals surface area contributed by atoms with Crippen LogP contribution in [0.5, 0.6) is 5.75 Å². The molecule has 0 radical (unpaired) electrons. The molecule has 1 amide bonds. The summed E-state index contributed by atoms with van der Waals surface area (Å²) in [7, 11) is 0. The maximum absolute atomic E-state index is 12.9. The largest absolute Gasteiger partial charge is 0.492 e. The van der Waals surface area contributed by atoms with Gasteiger partial charge in [0.25, 0.3) is 5.91 Å². The molecule has 1 aromatic heterocycles.